The molecule has 1 amide bonds. The van der Waals surface area contributed by atoms with E-state index in [4.69, 9.17) is 16.1 Å². The number of sulfonamides is 1. The summed E-state index contributed by atoms with van der Waals surface area (Å²) in [5.41, 5.74) is 3.05. The van der Waals surface area contributed by atoms with Gasteiger partial charge >= 0.3 is 0 Å². The molecule has 142 valence electrons. The van der Waals surface area contributed by atoms with Crippen LogP contribution in [0.15, 0.2) is 39.1 Å². The lowest BCUT2D eigenvalue weighted by Gasteiger charge is -2.09. The molecule has 10 heteroatoms. The molecule has 0 unspecified atom stereocenters. The van der Waals surface area contributed by atoms with E-state index < -0.39 is 15.9 Å². The molecule has 1 aromatic carbocycles. The average molecular weight is 426 g/mol. The van der Waals surface area contributed by atoms with Crippen molar-refractivity contribution < 1.29 is 17.7 Å². The third-order valence-electron chi connectivity index (χ3n) is 3.91. The molecule has 2 aromatic heterocycles. The van der Waals surface area contributed by atoms with Crippen molar-refractivity contribution in [3.05, 3.63) is 56.4 Å². The van der Waals surface area contributed by atoms with Gasteiger partial charge in [0.15, 0.2) is 0 Å². The quantitative estimate of drug-likeness (QED) is 0.632. The number of benzene rings is 1. The summed E-state index contributed by atoms with van der Waals surface area (Å²) in [6.45, 7) is 5.47. The normalized spacial score (nSPS) is 11.4. The van der Waals surface area contributed by atoms with Gasteiger partial charge in [0.2, 0.25) is 0 Å². The largest absolute Gasteiger partial charge is 0.336 e. The summed E-state index contributed by atoms with van der Waals surface area (Å²) < 4.78 is 32.4. The fourth-order valence-corrected chi connectivity index (χ4v) is 4.77. The zero-order chi connectivity index (χ0) is 19.8. The molecule has 27 heavy (non-hydrogen) atoms. The second-order valence-electron chi connectivity index (χ2n) is 5.88. The molecule has 0 fully saturated rings. The maximum atomic E-state index is 12.7. The Morgan fingerprint density at radius 2 is 1.93 bits per heavy atom. The van der Waals surface area contributed by atoms with Gasteiger partial charge in [-0.1, -0.05) is 22.8 Å². The number of anilines is 2. The Morgan fingerprint density at radius 3 is 2.56 bits per heavy atom. The van der Waals surface area contributed by atoms with Gasteiger partial charge in [0.1, 0.15) is 20.5 Å². The topological polar surface area (TPSA) is 101 Å². The molecule has 0 aliphatic rings. The van der Waals surface area contributed by atoms with E-state index in [1.54, 1.807) is 13.0 Å². The summed E-state index contributed by atoms with van der Waals surface area (Å²) >= 11 is 6.97. The summed E-state index contributed by atoms with van der Waals surface area (Å²) in [7, 11) is -4.08. The zero-order valence-corrected chi connectivity index (χ0v) is 17.1. The lowest BCUT2D eigenvalue weighted by Crippen LogP contribution is -2.18. The molecule has 7 nitrogen and oxygen atoms in total. The number of aryl methyl sites for hydroxylation is 3. The lowest BCUT2D eigenvalue weighted by molar-refractivity contribution is 0.102. The Bertz CT molecular complexity index is 1120. The van der Waals surface area contributed by atoms with E-state index >= 15 is 0 Å². The molecule has 0 aliphatic carbocycles. The van der Waals surface area contributed by atoms with Crippen molar-refractivity contribution in [2.75, 3.05) is 10.0 Å². The van der Waals surface area contributed by atoms with Crippen LogP contribution in [0, 0.1) is 20.8 Å². The van der Waals surface area contributed by atoms with Crippen LogP contribution >= 0.6 is 22.9 Å². The van der Waals surface area contributed by atoms with Crippen molar-refractivity contribution in [3.8, 4) is 0 Å². The number of hydrogen-bond donors (Lipinski definition) is 2. The van der Waals surface area contributed by atoms with Crippen molar-refractivity contribution in [2.45, 2.75) is 25.7 Å². The number of halogens is 1. The number of hydrogen-bond acceptors (Lipinski definition) is 6. The summed E-state index contributed by atoms with van der Waals surface area (Å²) in [6, 6.07) is 6.81. The summed E-state index contributed by atoms with van der Waals surface area (Å²) in [5.74, 6) is -0.714. The third-order valence-corrected chi connectivity index (χ3v) is 6.77. The van der Waals surface area contributed by atoms with Crippen LogP contribution in [0.1, 0.15) is 26.5 Å². The van der Waals surface area contributed by atoms with Crippen LogP contribution in [0.3, 0.4) is 0 Å². The van der Waals surface area contributed by atoms with Gasteiger partial charge < -0.3 is 9.84 Å². The maximum absolute atomic E-state index is 12.7. The molecular weight excluding hydrogens is 410 g/mol. The molecule has 0 atom stereocenters. The number of carbonyl (C=O) groups is 1. The van der Waals surface area contributed by atoms with Crippen molar-refractivity contribution in [1.82, 2.24) is 5.16 Å². The van der Waals surface area contributed by atoms with E-state index in [1.165, 1.54) is 11.4 Å². The van der Waals surface area contributed by atoms with E-state index in [1.807, 2.05) is 26.0 Å². The van der Waals surface area contributed by atoms with Gasteiger partial charge in [0.25, 0.3) is 21.8 Å². The smallest absolute Gasteiger partial charge is 0.267 e. The Hall–Kier alpha value is -2.36. The fraction of sp³-hybridized carbons (Fsp3) is 0.176. The lowest BCUT2D eigenvalue weighted by atomic mass is 10.1. The first kappa shape index (κ1) is 19.4. The molecule has 0 radical (unpaired) electrons. The fourth-order valence-electron chi connectivity index (χ4n) is 2.28. The number of amides is 1. The number of rotatable bonds is 5. The monoisotopic (exact) mass is 425 g/mol. The third kappa shape index (κ3) is 4.00. The SMILES string of the molecule is Cc1ccc(NC(=O)c2sccc2S(=O)(=O)Nc2onc(C)c2Cl)cc1C. The van der Waals surface area contributed by atoms with Gasteiger partial charge in [-0.3, -0.25) is 4.79 Å². The van der Waals surface area contributed by atoms with Crippen LogP contribution in [0.25, 0.3) is 0 Å². The van der Waals surface area contributed by atoms with E-state index in [9.17, 15) is 13.2 Å². The van der Waals surface area contributed by atoms with E-state index in [2.05, 4.69) is 15.2 Å². The molecule has 0 saturated heterocycles. The highest BCUT2D eigenvalue weighted by molar-refractivity contribution is 7.93. The van der Waals surface area contributed by atoms with Gasteiger partial charge in [0, 0.05) is 5.69 Å². The van der Waals surface area contributed by atoms with Crippen molar-refractivity contribution in [2.24, 2.45) is 0 Å². The molecule has 0 aliphatic heterocycles. The minimum absolute atomic E-state index is 0.0492. The Morgan fingerprint density at radius 1 is 1.19 bits per heavy atom. The van der Waals surface area contributed by atoms with Crippen LogP contribution < -0.4 is 10.0 Å². The standard InChI is InChI=1S/C17H16ClN3O4S2/c1-9-4-5-12(8-10(9)2)19-16(22)15-13(6-7-26-15)27(23,24)21-17-14(18)11(3)20-25-17/h4-8,21H,1-3H3,(H,19,22). The predicted molar refractivity (Wildman–Crippen MR) is 105 cm³/mol. The molecule has 0 spiro atoms. The van der Waals surface area contributed by atoms with Gasteiger partial charge in [0.05, 0.1) is 0 Å². The first-order valence-electron chi connectivity index (χ1n) is 7.79. The van der Waals surface area contributed by atoms with Crippen molar-refractivity contribution >= 4 is 50.4 Å². The minimum Gasteiger partial charge on any atom is -0.336 e. The van der Waals surface area contributed by atoms with Crippen LogP contribution in [0.5, 0.6) is 0 Å². The zero-order valence-electron chi connectivity index (χ0n) is 14.7. The highest BCUT2D eigenvalue weighted by atomic mass is 35.5. The number of nitrogens with zero attached hydrogens (tertiary/aromatic N) is 1. The summed E-state index contributed by atoms with van der Waals surface area (Å²) in [5, 5.41) is 7.91. The molecule has 3 rings (SSSR count). The predicted octanol–water partition coefficient (Wildman–Crippen LogP) is 4.37. The van der Waals surface area contributed by atoms with Gasteiger partial charge in [-0.2, -0.15) is 0 Å². The second-order valence-corrected chi connectivity index (χ2v) is 8.83. The van der Waals surface area contributed by atoms with E-state index in [0.717, 1.165) is 22.5 Å². The van der Waals surface area contributed by atoms with Crippen LogP contribution in [-0.2, 0) is 10.0 Å². The maximum Gasteiger partial charge on any atom is 0.267 e. The average Bonchev–Trinajstić information content (AvgIpc) is 3.21. The Balaban J connectivity index is 1.87. The van der Waals surface area contributed by atoms with E-state index in [-0.39, 0.29) is 20.7 Å². The number of thiophene rings is 1. The molecule has 2 heterocycles. The number of nitrogens with one attached hydrogen (secondary N) is 2. The van der Waals surface area contributed by atoms with Crippen LogP contribution in [0.4, 0.5) is 11.6 Å². The van der Waals surface area contributed by atoms with Crippen molar-refractivity contribution in [1.29, 1.82) is 0 Å². The van der Waals surface area contributed by atoms with Gasteiger partial charge in [-0.15, -0.1) is 11.3 Å². The Kier molecular flexibility index (Phi) is 5.27. The second kappa shape index (κ2) is 7.34. The first-order chi connectivity index (χ1) is 12.7. The molecule has 3 aromatic rings. The highest BCUT2D eigenvalue weighted by Crippen LogP contribution is 2.30. The molecular formula is C17H16ClN3O4S2. The highest BCUT2D eigenvalue weighted by Gasteiger charge is 2.27. The van der Waals surface area contributed by atoms with Crippen LogP contribution in [-0.4, -0.2) is 19.5 Å². The minimum atomic E-state index is -4.08. The molecule has 2 N–H and O–H groups in total. The molecule has 0 saturated carbocycles. The Labute approximate surface area is 165 Å². The number of carbonyl (C=O) groups excluding carboxylic acids is 1. The van der Waals surface area contributed by atoms with Gasteiger partial charge in [-0.05, 0) is 55.5 Å². The molecule has 0 bridgehead atoms. The number of aromatic nitrogens is 1. The van der Waals surface area contributed by atoms with Crippen LogP contribution in [0.2, 0.25) is 5.02 Å². The van der Waals surface area contributed by atoms with Crippen molar-refractivity contribution in [3.63, 3.8) is 0 Å². The first-order valence-corrected chi connectivity index (χ1v) is 10.5. The van der Waals surface area contributed by atoms with E-state index in [0.29, 0.717) is 11.4 Å². The van der Waals surface area contributed by atoms with Gasteiger partial charge in [-0.25, -0.2) is 13.1 Å². The summed E-state index contributed by atoms with van der Waals surface area (Å²) in [6.07, 6.45) is 0. The summed E-state index contributed by atoms with van der Waals surface area (Å²) in [4.78, 5) is 12.5.